The topological polar surface area (TPSA) is 129 Å². The molecule has 1 aromatic heterocycles. The van der Waals surface area contributed by atoms with Gasteiger partial charge in [-0.05, 0) is 19.1 Å². The summed E-state index contributed by atoms with van der Waals surface area (Å²) in [6.45, 7) is 1.75. The Hall–Kier alpha value is -2.81. The number of anilines is 1. The van der Waals surface area contributed by atoms with E-state index in [0.717, 1.165) is 0 Å². The Labute approximate surface area is 119 Å². The first-order chi connectivity index (χ1) is 9.95. The number of hydrogen-bond acceptors (Lipinski definition) is 6. The van der Waals surface area contributed by atoms with Crippen molar-refractivity contribution < 1.29 is 9.72 Å². The lowest BCUT2D eigenvalue weighted by molar-refractivity contribution is -0.384. The molecule has 1 amide bonds. The highest BCUT2D eigenvalue weighted by atomic mass is 16.6. The number of benzene rings is 1. The monoisotopic (exact) mass is 290 g/mol. The third-order valence-electron chi connectivity index (χ3n) is 2.69. The number of nitrogens with zero attached hydrogens (tertiary/aromatic N) is 4. The molecule has 0 radical (unpaired) electrons. The molecule has 0 spiro atoms. The number of nitro groups is 1. The third kappa shape index (κ3) is 3.83. The second kappa shape index (κ2) is 6.09. The molecule has 21 heavy (non-hydrogen) atoms. The normalized spacial score (nSPS) is 11.9. The molecule has 0 bridgehead atoms. The maximum atomic E-state index is 11.8. The maximum Gasteiger partial charge on any atom is 0.269 e. The van der Waals surface area contributed by atoms with Crippen LogP contribution in [0.1, 0.15) is 18.7 Å². The van der Waals surface area contributed by atoms with Gasteiger partial charge in [-0.1, -0.05) is 5.21 Å². The van der Waals surface area contributed by atoms with Crippen LogP contribution >= 0.6 is 0 Å². The minimum atomic E-state index is -0.503. The molecule has 2 aromatic rings. The molecule has 1 unspecified atom stereocenters. The van der Waals surface area contributed by atoms with Crippen LogP contribution < -0.4 is 11.1 Å². The van der Waals surface area contributed by atoms with Gasteiger partial charge in [-0.15, -0.1) is 5.10 Å². The second-order valence-electron chi connectivity index (χ2n) is 4.48. The number of nitrogens with two attached hydrogens (primary N) is 1. The summed E-state index contributed by atoms with van der Waals surface area (Å²) >= 11 is 0. The SMILES string of the molecule is CC(N)c1cn(CC(=O)Nc2ccc([N+](=O)[O-])cc2)nn1. The van der Waals surface area contributed by atoms with Gasteiger partial charge in [-0.25, -0.2) is 4.68 Å². The fourth-order valence-corrected chi connectivity index (χ4v) is 1.61. The highest BCUT2D eigenvalue weighted by Gasteiger charge is 2.10. The van der Waals surface area contributed by atoms with Gasteiger partial charge in [0.05, 0.1) is 16.8 Å². The van der Waals surface area contributed by atoms with Gasteiger partial charge in [-0.3, -0.25) is 14.9 Å². The molecular formula is C12H14N6O3. The van der Waals surface area contributed by atoms with Crippen molar-refractivity contribution in [1.29, 1.82) is 0 Å². The van der Waals surface area contributed by atoms with E-state index in [2.05, 4.69) is 15.6 Å². The Balaban J connectivity index is 1.96. The molecule has 0 aliphatic heterocycles. The Morgan fingerprint density at radius 3 is 2.67 bits per heavy atom. The van der Waals surface area contributed by atoms with Gasteiger partial charge in [0.15, 0.2) is 0 Å². The summed E-state index contributed by atoms with van der Waals surface area (Å²) in [5.41, 5.74) is 6.68. The minimum Gasteiger partial charge on any atom is -0.324 e. The summed E-state index contributed by atoms with van der Waals surface area (Å²) in [6, 6.07) is 5.31. The predicted molar refractivity (Wildman–Crippen MR) is 74.4 cm³/mol. The first-order valence-corrected chi connectivity index (χ1v) is 6.15. The number of carbonyl (C=O) groups is 1. The van der Waals surface area contributed by atoms with E-state index < -0.39 is 4.92 Å². The van der Waals surface area contributed by atoms with Gasteiger partial charge in [0.2, 0.25) is 5.91 Å². The van der Waals surface area contributed by atoms with Crippen LogP contribution in [-0.2, 0) is 11.3 Å². The highest BCUT2D eigenvalue weighted by molar-refractivity contribution is 5.90. The van der Waals surface area contributed by atoms with E-state index >= 15 is 0 Å². The third-order valence-corrected chi connectivity index (χ3v) is 2.69. The average Bonchev–Trinajstić information content (AvgIpc) is 2.87. The van der Waals surface area contributed by atoms with Crippen LogP contribution in [0.4, 0.5) is 11.4 Å². The number of aromatic nitrogens is 3. The Bertz CT molecular complexity index is 649. The van der Waals surface area contributed by atoms with E-state index in [0.29, 0.717) is 11.4 Å². The van der Waals surface area contributed by atoms with Crippen molar-refractivity contribution >= 4 is 17.3 Å². The summed E-state index contributed by atoms with van der Waals surface area (Å²) in [5.74, 6) is -0.315. The van der Waals surface area contributed by atoms with Gasteiger partial charge in [0.1, 0.15) is 6.54 Å². The molecule has 9 heteroatoms. The standard InChI is InChI=1S/C12H14N6O3/c1-8(13)11-6-17(16-15-11)7-12(19)14-9-2-4-10(5-3-9)18(20)21/h2-6,8H,7,13H2,1H3,(H,14,19). The Kier molecular flexibility index (Phi) is 4.24. The zero-order valence-corrected chi connectivity index (χ0v) is 11.3. The average molecular weight is 290 g/mol. The lowest BCUT2D eigenvalue weighted by Crippen LogP contribution is -2.19. The van der Waals surface area contributed by atoms with E-state index in [1.807, 2.05) is 0 Å². The van der Waals surface area contributed by atoms with Crippen LogP contribution in [-0.4, -0.2) is 25.8 Å². The second-order valence-corrected chi connectivity index (χ2v) is 4.48. The Morgan fingerprint density at radius 1 is 1.48 bits per heavy atom. The first-order valence-electron chi connectivity index (χ1n) is 6.15. The van der Waals surface area contributed by atoms with Crippen LogP contribution in [0.2, 0.25) is 0 Å². The number of carbonyl (C=O) groups excluding carboxylic acids is 1. The molecular weight excluding hydrogens is 276 g/mol. The van der Waals surface area contributed by atoms with Gasteiger partial charge >= 0.3 is 0 Å². The number of non-ortho nitro benzene ring substituents is 1. The lowest BCUT2D eigenvalue weighted by Gasteiger charge is -2.04. The largest absolute Gasteiger partial charge is 0.324 e. The van der Waals surface area contributed by atoms with E-state index in [4.69, 9.17) is 5.73 Å². The van der Waals surface area contributed by atoms with E-state index in [1.54, 1.807) is 13.1 Å². The molecule has 110 valence electrons. The van der Waals surface area contributed by atoms with Crippen molar-refractivity contribution in [2.75, 3.05) is 5.32 Å². The van der Waals surface area contributed by atoms with Crippen LogP contribution in [0.5, 0.6) is 0 Å². The van der Waals surface area contributed by atoms with Crippen molar-refractivity contribution in [3.8, 4) is 0 Å². The van der Waals surface area contributed by atoms with E-state index in [9.17, 15) is 14.9 Å². The molecule has 1 heterocycles. The molecule has 0 aliphatic rings. The minimum absolute atomic E-state index is 0.0172. The van der Waals surface area contributed by atoms with Gasteiger partial charge < -0.3 is 11.1 Å². The molecule has 0 fully saturated rings. The van der Waals surface area contributed by atoms with Crippen molar-refractivity contribution in [3.63, 3.8) is 0 Å². The van der Waals surface area contributed by atoms with Crippen LogP contribution in [0.25, 0.3) is 0 Å². The zero-order valence-electron chi connectivity index (χ0n) is 11.3. The molecule has 0 aliphatic carbocycles. The number of nitro benzene ring substituents is 1. The quantitative estimate of drug-likeness (QED) is 0.620. The molecule has 2 rings (SSSR count). The number of nitrogens with one attached hydrogen (secondary N) is 1. The summed E-state index contributed by atoms with van der Waals surface area (Å²) in [6.07, 6.45) is 1.60. The summed E-state index contributed by atoms with van der Waals surface area (Å²) in [4.78, 5) is 21.8. The highest BCUT2D eigenvalue weighted by Crippen LogP contribution is 2.15. The van der Waals surface area contributed by atoms with Gasteiger partial charge in [0, 0.05) is 23.9 Å². The lowest BCUT2D eigenvalue weighted by atomic mass is 10.3. The summed E-state index contributed by atoms with van der Waals surface area (Å²) < 4.78 is 1.37. The zero-order chi connectivity index (χ0) is 15.4. The van der Waals surface area contributed by atoms with Gasteiger partial charge in [0.25, 0.3) is 5.69 Å². The van der Waals surface area contributed by atoms with E-state index in [-0.39, 0.29) is 24.2 Å². The van der Waals surface area contributed by atoms with Crippen molar-refractivity contribution in [1.82, 2.24) is 15.0 Å². The van der Waals surface area contributed by atoms with E-state index in [1.165, 1.54) is 28.9 Å². The van der Waals surface area contributed by atoms with Crippen LogP contribution in [0.3, 0.4) is 0 Å². The molecule has 0 saturated carbocycles. The number of amides is 1. The van der Waals surface area contributed by atoms with Crippen molar-refractivity contribution in [3.05, 3.63) is 46.3 Å². The molecule has 3 N–H and O–H groups in total. The smallest absolute Gasteiger partial charge is 0.269 e. The summed E-state index contributed by atoms with van der Waals surface area (Å²) in [5, 5.41) is 20.8. The molecule has 1 aromatic carbocycles. The van der Waals surface area contributed by atoms with Gasteiger partial charge in [-0.2, -0.15) is 0 Å². The van der Waals surface area contributed by atoms with Crippen LogP contribution in [0.15, 0.2) is 30.5 Å². The molecule has 1 atom stereocenters. The van der Waals surface area contributed by atoms with Crippen molar-refractivity contribution in [2.45, 2.75) is 19.5 Å². The Morgan fingerprint density at radius 2 is 2.14 bits per heavy atom. The van der Waals surface area contributed by atoms with Crippen LogP contribution in [0, 0.1) is 10.1 Å². The first kappa shape index (κ1) is 14.6. The van der Waals surface area contributed by atoms with Crippen molar-refractivity contribution in [2.24, 2.45) is 5.73 Å². The fourth-order valence-electron chi connectivity index (χ4n) is 1.61. The predicted octanol–water partition coefficient (Wildman–Crippen LogP) is 0.845. The number of rotatable bonds is 5. The fraction of sp³-hybridized carbons (Fsp3) is 0.250. The number of hydrogen-bond donors (Lipinski definition) is 2. The maximum absolute atomic E-state index is 11.8. The molecule has 0 saturated heterocycles. The molecule has 9 nitrogen and oxygen atoms in total. The summed E-state index contributed by atoms with van der Waals surface area (Å²) in [7, 11) is 0.